The van der Waals surface area contributed by atoms with E-state index in [4.69, 9.17) is 9.47 Å². The molecule has 1 aromatic heterocycles. The minimum absolute atomic E-state index is 0.120. The fraction of sp³-hybridized carbons (Fsp3) is 0.375. The van der Waals surface area contributed by atoms with Crippen molar-refractivity contribution in [2.24, 2.45) is 0 Å². The third-order valence-corrected chi connectivity index (χ3v) is 3.64. The van der Waals surface area contributed by atoms with Crippen LogP contribution < -0.4 is 9.64 Å². The van der Waals surface area contributed by atoms with Crippen molar-refractivity contribution in [1.82, 2.24) is 9.97 Å². The maximum Gasteiger partial charge on any atom is 0.229 e. The molecule has 1 fully saturated rings. The second kappa shape index (κ2) is 6.10. The Hall–Kier alpha value is -2.14. The fourth-order valence-corrected chi connectivity index (χ4v) is 2.56. The van der Waals surface area contributed by atoms with Gasteiger partial charge >= 0.3 is 0 Å². The van der Waals surface area contributed by atoms with Gasteiger partial charge in [0.1, 0.15) is 0 Å². The van der Waals surface area contributed by atoms with Crippen molar-refractivity contribution in [2.75, 3.05) is 25.2 Å². The molecule has 1 saturated heterocycles. The van der Waals surface area contributed by atoms with E-state index < -0.39 is 0 Å². The zero-order valence-electron chi connectivity index (χ0n) is 12.3. The zero-order valence-corrected chi connectivity index (χ0v) is 12.3. The van der Waals surface area contributed by atoms with Crippen LogP contribution in [0.2, 0.25) is 0 Å². The molecule has 0 bridgehead atoms. The number of ether oxygens (including phenoxy) is 2. The van der Waals surface area contributed by atoms with Crippen LogP contribution in [-0.4, -0.2) is 36.3 Å². The van der Waals surface area contributed by atoms with Crippen LogP contribution in [0.5, 0.6) is 5.88 Å². The molecule has 0 radical (unpaired) electrons. The highest BCUT2D eigenvalue weighted by Gasteiger charge is 2.30. The summed E-state index contributed by atoms with van der Waals surface area (Å²) in [5.41, 5.74) is 1.20. The summed E-state index contributed by atoms with van der Waals surface area (Å²) >= 11 is 0. The lowest BCUT2D eigenvalue weighted by Crippen LogP contribution is -2.44. The van der Waals surface area contributed by atoms with Gasteiger partial charge in [0.15, 0.2) is 0 Å². The largest absolute Gasteiger partial charge is 0.481 e. The Bertz CT molecular complexity index is 591. The van der Waals surface area contributed by atoms with Gasteiger partial charge in [-0.2, -0.15) is 4.98 Å². The molecule has 3 rings (SSSR count). The van der Waals surface area contributed by atoms with Crippen molar-refractivity contribution >= 4 is 5.95 Å². The van der Waals surface area contributed by atoms with Crippen molar-refractivity contribution in [3.8, 4) is 5.88 Å². The standard InChI is InChI=1S/C16H19N3O2/c1-12-10-19(16-17-9-8-15(18-16)20-2)14(11-21-12)13-6-4-3-5-7-13/h3-9,12,14H,10-11H2,1-2H3/t12-,14-/m0/s1. The van der Waals surface area contributed by atoms with E-state index in [1.165, 1.54) is 5.56 Å². The second-order valence-corrected chi connectivity index (χ2v) is 5.12. The number of aromatic nitrogens is 2. The molecule has 110 valence electrons. The number of benzene rings is 1. The van der Waals surface area contributed by atoms with Crippen LogP contribution >= 0.6 is 0 Å². The molecule has 0 N–H and O–H groups in total. The molecule has 5 heteroatoms. The Morgan fingerprint density at radius 3 is 2.81 bits per heavy atom. The Morgan fingerprint density at radius 1 is 1.24 bits per heavy atom. The topological polar surface area (TPSA) is 47.5 Å². The Labute approximate surface area is 124 Å². The second-order valence-electron chi connectivity index (χ2n) is 5.12. The summed E-state index contributed by atoms with van der Waals surface area (Å²) in [4.78, 5) is 11.0. The maximum atomic E-state index is 5.82. The number of rotatable bonds is 3. The molecule has 2 heterocycles. The van der Waals surface area contributed by atoms with Gasteiger partial charge in [-0.3, -0.25) is 0 Å². The fourth-order valence-electron chi connectivity index (χ4n) is 2.56. The minimum atomic E-state index is 0.120. The van der Waals surface area contributed by atoms with Gasteiger partial charge < -0.3 is 14.4 Å². The molecule has 1 aromatic carbocycles. The number of hydrogen-bond acceptors (Lipinski definition) is 5. The van der Waals surface area contributed by atoms with Crippen LogP contribution in [0.3, 0.4) is 0 Å². The van der Waals surface area contributed by atoms with Crippen LogP contribution in [0, 0.1) is 0 Å². The Balaban J connectivity index is 1.94. The van der Waals surface area contributed by atoms with Crippen molar-refractivity contribution in [3.05, 3.63) is 48.2 Å². The molecule has 0 saturated carbocycles. The predicted molar refractivity (Wildman–Crippen MR) is 80.5 cm³/mol. The van der Waals surface area contributed by atoms with Crippen LogP contribution in [-0.2, 0) is 4.74 Å². The summed E-state index contributed by atoms with van der Waals surface area (Å²) in [6.07, 6.45) is 1.88. The van der Waals surface area contributed by atoms with Crippen molar-refractivity contribution in [2.45, 2.75) is 19.1 Å². The summed E-state index contributed by atoms with van der Waals surface area (Å²) in [6, 6.07) is 12.2. The van der Waals surface area contributed by atoms with E-state index in [2.05, 4.69) is 33.9 Å². The van der Waals surface area contributed by atoms with E-state index >= 15 is 0 Å². The summed E-state index contributed by atoms with van der Waals surface area (Å²) < 4.78 is 11.0. The third-order valence-electron chi connectivity index (χ3n) is 3.64. The van der Waals surface area contributed by atoms with Gasteiger partial charge in [0.05, 0.1) is 25.9 Å². The molecule has 2 aromatic rings. The molecule has 0 unspecified atom stereocenters. The van der Waals surface area contributed by atoms with Crippen molar-refractivity contribution in [1.29, 1.82) is 0 Å². The third kappa shape index (κ3) is 2.97. The summed E-state index contributed by atoms with van der Waals surface area (Å²) in [7, 11) is 1.61. The first-order chi connectivity index (χ1) is 10.3. The summed E-state index contributed by atoms with van der Waals surface area (Å²) in [6.45, 7) is 3.45. The summed E-state index contributed by atoms with van der Waals surface area (Å²) in [5.74, 6) is 1.25. The lowest BCUT2D eigenvalue weighted by atomic mass is 10.0. The van der Waals surface area contributed by atoms with E-state index in [0.717, 1.165) is 6.54 Å². The molecule has 5 nitrogen and oxygen atoms in total. The number of hydrogen-bond donors (Lipinski definition) is 0. The predicted octanol–water partition coefficient (Wildman–Crippen LogP) is 2.45. The van der Waals surface area contributed by atoms with Gasteiger partial charge in [-0.15, -0.1) is 0 Å². The molecule has 1 aliphatic rings. The Kier molecular flexibility index (Phi) is 4.01. The SMILES string of the molecule is COc1ccnc(N2C[C@H](C)OC[C@H]2c2ccccc2)n1. The van der Waals surface area contributed by atoms with E-state index in [1.54, 1.807) is 19.4 Å². The van der Waals surface area contributed by atoms with Crippen LogP contribution in [0.1, 0.15) is 18.5 Å². The lowest BCUT2D eigenvalue weighted by molar-refractivity contribution is 0.0295. The van der Waals surface area contributed by atoms with Gasteiger partial charge in [0, 0.05) is 18.8 Å². The smallest absolute Gasteiger partial charge is 0.229 e. The zero-order chi connectivity index (χ0) is 14.7. The van der Waals surface area contributed by atoms with E-state index in [1.807, 2.05) is 18.2 Å². The number of methoxy groups -OCH3 is 1. The van der Waals surface area contributed by atoms with Crippen LogP contribution in [0.15, 0.2) is 42.6 Å². The van der Waals surface area contributed by atoms with Crippen LogP contribution in [0.4, 0.5) is 5.95 Å². The normalized spacial score (nSPS) is 22.1. The van der Waals surface area contributed by atoms with E-state index in [9.17, 15) is 0 Å². The van der Waals surface area contributed by atoms with Gasteiger partial charge in [-0.05, 0) is 12.5 Å². The highest BCUT2D eigenvalue weighted by atomic mass is 16.5. The first kappa shape index (κ1) is 13.8. The first-order valence-electron chi connectivity index (χ1n) is 7.08. The van der Waals surface area contributed by atoms with Crippen molar-refractivity contribution < 1.29 is 9.47 Å². The molecular weight excluding hydrogens is 266 g/mol. The minimum Gasteiger partial charge on any atom is -0.481 e. The number of anilines is 1. The molecular formula is C16H19N3O2. The molecule has 21 heavy (non-hydrogen) atoms. The molecule has 2 atom stereocenters. The van der Waals surface area contributed by atoms with E-state index in [-0.39, 0.29) is 12.1 Å². The van der Waals surface area contributed by atoms with E-state index in [0.29, 0.717) is 18.4 Å². The van der Waals surface area contributed by atoms with Gasteiger partial charge in [0.2, 0.25) is 11.8 Å². The number of nitrogens with zero attached hydrogens (tertiary/aromatic N) is 3. The highest BCUT2D eigenvalue weighted by Crippen LogP contribution is 2.29. The first-order valence-corrected chi connectivity index (χ1v) is 7.08. The Morgan fingerprint density at radius 2 is 2.05 bits per heavy atom. The van der Waals surface area contributed by atoms with Crippen molar-refractivity contribution in [3.63, 3.8) is 0 Å². The van der Waals surface area contributed by atoms with Gasteiger partial charge in [-0.25, -0.2) is 4.98 Å². The van der Waals surface area contributed by atoms with Crippen LogP contribution in [0.25, 0.3) is 0 Å². The summed E-state index contributed by atoms with van der Waals surface area (Å²) in [5, 5.41) is 0. The quantitative estimate of drug-likeness (QED) is 0.867. The number of morpholine rings is 1. The molecule has 0 amide bonds. The molecule has 1 aliphatic heterocycles. The average molecular weight is 285 g/mol. The highest BCUT2D eigenvalue weighted by molar-refractivity contribution is 5.39. The molecule has 0 aliphatic carbocycles. The monoisotopic (exact) mass is 285 g/mol. The average Bonchev–Trinajstić information content (AvgIpc) is 2.55. The molecule has 0 spiro atoms. The van der Waals surface area contributed by atoms with Gasteiger partial charge in [-0.1, -0.05) is 30.3 Å². The van der Waals surface area contributed by atoms with Gasteiger partial charge in [0.25, 0.3) is 0 Å². The lowest BCUT2D eigenvalue weighted by Gasteiger charge is -2.38. The maximum absolute atomic E-state index is 5.82.